The molecule has 1 aliphatic rings. The first-order valence-corrected chi connectivity index (χ1v) is 5.70. The molecule has 0 atom stereocenters. The standard InChI is InChI=1S/C13H13N3O3/c1-15(12(17)6-14)7-9-3-4-11-10(5-9)16(2)13(18)8-19-11/h3-5H,7-8H2,1-2H3. The fourth-order valence-electron chi connectivity index (χ4n) is 1.85. The van der Waals surface area contributed by atoms with Crippen LogP contribution < -0.4 is 9.64 Å². The van der Waals surface area contributed by atoms with E-state index in [0.29, 0.717) is 18.0 Å². The molecule has 6 heteroatoms. The van der Waals surface area contributed by atoms with Gasteiger partial charge in [-0.2, -0.15) is 5.26 Å². The molecule has 2 amide bonds. The van der Waals surface area contributed by atoms with Gasteiger partial charge in [-0.1, -0.05) is 6.07 Å². The van der Waals surface area contributed by atoms with Gasteiger partial charge in [0.1, 0.15) is 5.75 Å². The maximum atomic E-state index is 11.5. The largest absolute Gasteiger partial charge is 0.482 e. The molecule has 0 saturated carbocycles. The van der Waals surface area contributed by atoms with Gasteiger partial charge in [-0.25, -0.2) is 0 Å². The number of nitriles is 1. The number of carbonyl (C=O) groups excluding carboxylic acids is 2. The predicted molar refractivity (Wildman–Crippen MR) is 67.4 cm³/mol. The van der Waals surface area contributed by atoms with Crippen LogP contribution in [0.25, 0.3) is 0 Å². The van der Waals surface area contributed by atoms with Crippen LogP contribution in [0.3, 0.4) is 0 Å². The minimum absolute atomic E-state index is 0.0374. The van der Waals surface area contributed by atoms with E-state index in [1.165, 1.54) is 9.80 Å². The van der Waals surface area contributed by atoms with Gasteiger partial charge in [0.05, 0.1) is 5.69 Å². The number of ether oxygens (including phenoxy) is 1. The van der Waals surface area contributed by atoms with E-state index in [4.69, 9.17) is 10.00 Å². The Kier molecular flexibility index (Phi) is 3.38. The average Bonchev–Trinajstić information content (AvgIpc) is 2.42. The monoisotopic (exact) mass is 259 g/mol. The summed E-state index contributed by atoms with van der Waals surface area (Å²) < 4.78 is 5.31. The van der Waals surface area contributed by atoms with Gasteiger partial charge in [-0.3, -0.25) is 9.59 Å². The van der Waals surface area contributed by atoms with Gasteiger partial charge in [-0.15, -0.1) is 0 Å². The minimum Gasteiger partial charge on any atom is -0.482 e. The number of hydrogen-bond acceptors (Lipinski definition) is 4. The van der Waals surface area contributed by atoms with Crippen molar-refractivity contribution in [2.75, 3.05) is 25.6 Å². The second-order valence-corrected chi connectivity index (χ2v) is 4.32. The third-order valence-electron chi connectivity index (χ3n) is 2.97. The summed E-state index contributed by atoms with van der Waals surface area (Å²) in [6, 6.07) is 6.92. The maximum absolute atomic E-state index is 11.5. The number of fused-ring (bicyclic) bond motifs is 1. The summed E-state index contributed by atoms with van der Waals surface area (Å²) in [6.45, 7) is 0.345. The van der Waals surface area contributed by atoms with Crippen molar-refractivity contribution in [2.45, 2.75) is 6.54 Å². The Hall–Kier alpha value is -2.55. The van der Waals surface area contributed by atoms with Crippen molar-refractivity contribution in [1.29, 1.82) is 5.26 Å². The lowest BCUT2D eigenvalue weighted by molar-refractivity contribution is -0.124. The zero-order chi connectivity index (χ0) is 14.0. The third-order valence-corrected chi connectivity index (χ3v) is 2.97. The highest BCUT2D eigenvalue weighted by molar-refractivity contribution is 5.97. The Bertz CT molecular complexity index is 577. The van der Waals surface area contributed by atoms with Crippen molar-refractivity contribution >= 4 is 17.5 Å². The number of amides is 2. The molecule has 0 fully saturated rings. The number of anilines is 1. The highest BCUT2D eigenvalue weighted by Gasteiger charge is 2.22. The third kappa shape index (κ3) is 2.50. The summed E-state index contributed by atoms with van der Waals surface area (Å²) in [5.41, 5.74) is 1.50. The second-order valence-electron chi connectivity index (χ2n) is 4.32. The molecular weight excluding hydrogens is 246 g/mol. The van der Waals surface area contributed by atoms with Crippen molar-refractivity contribution < 1.29 is 14.3 Å². The minimum atomic E-state index is -0.599. The number of hydrogen-bond donors (Lipinski definition) is 0. The Morgan fingerprint density at radius 3 is 3.00 bits per heavy atom. The molecule has 0 spiro atoms. The maximum Gasteiger partial charge on any atom is 0.325 e. The molecule has 1 aromatic rings. The second kappa shape index (κ2) is 4.98. The molecule has 0 saturated heterocycles. The van der Waals surface area contributed by atoms with E-state index in [1.54, 1.807) is 32.3 Å². The molecule has 2 rings (SSSR count). The van der Waals surface area contributed by atoms with Crippen molar-refractivity contribution in [1.82, 2.24) is 4.90 Å². The first-order chi connectivity index (χ1) is 9.02. The Balaban J connectivity index is 2.24. The highest BCUT2D eigenvalue weighted by Crippen LogP contribution is 2.32. The van der Waals surface area contributed by atoms with Crippen molar-refractivity contribution in [3.8, 4) is 11.8 Å². The van der Waals surface area contributed by atoms with Gasteiger partial charge in [0, 0.05) is 20.6 Å². The topological polar surface area (TPSA) is 73.6 Å². The number of carbonyl (C=O) groups is 2. The van der Waals surface area contributed by atoms with E-state index in [-0.39, 0.29) is 12.5 Å². The molecule has 1 aromatic carbocycles. The Labute approximate surface area is 110 Å². The van der Waals surface area contributed by atoms with E-state index in [0.717, 1.165) is 5.56 Å². The fourth-order valence-corrected chi connectivity index (χ4v) is 1.85. The summed E-state index contributed by atoms with van der Waals surface area (Å²) >= 11 is 0. The van der Waals surface area contributed by atoms with Crippen LogP contribution in [0.4, 0.5) is 5.69 Å². The van der Waals surface area contributed by atoms with Gasteiger partial charge in [-0.05, 0) is 17.7 Å². The van der Waals surface area contributed by atoms with Crippen LogP contribution in [0.2, 0.25) is 0 Å². The van der Waals surface area contributed by atoms with Crippen LogP contribution in [0.1, 0.15) is 5.56 Å². The molecule has 0 bridgehead atoms. The fraction of sp³-hybridized carbons (Fsp3) is 0.308. The number of benzene rings is 1. The van der Waals surface area contributed by atoms with Crippen LogP contribution in [0.5, 0.6) is 5.75 Å². The SMILES string of the molecule is CN(Cc1ccc2c(c1)N(C)C(=O)CO2)C(=O)C#N. The molecule has 0 unspecified atom stereocenters. The van der Waals surface area contributed by atoms with Crippen LogP contribution in [0, 0.1) is 11.3 Å². The molecule has 0 aliphatic carbocycles. The van der Waals surface area contributed by atoms with Gasteiger partial charge >= 0.3 is 5.91 Å². The quantitative estimate of drug-likeness (QED) is 0.726. The summed E-state index contributed by atoms with van der Waals surface area (Å²) in [7, 11) is 3.23. The normalized spacial score (nSPS) is 13.3. The molecule has 0 N–H and O–H groups in total. The van der Waals surface area contributed by atoms with Crippen molar-refractivity contribution in [3.05, 3.63) is 23.8 Å². The molecule has 0 radical (unpaired) electrons. The van der Waals surface area contributed by atoms with Crippen LogP contribution in [0.15, 0.2) is 18.2 Å². The van der Waals surface area contributed by atoms with Gasteiger partial charge in [0.25, 0.3) is 5.91 Å². The van der Waals surface area contributed by atoms with Gasteiger partial charge in [0.15, 0.2) is 12.7 Å². The number of nitrogens with zero attached hydrogens (tertiary/aromatic N) is 3. The van der Waals surface area contributed by atoms with Crippen LogP contribution in [-0.2, 0) is 16.1 Å². The van der Waals surface area contributed by atoms with Crippen LogP contribution >= 0.6 is 0 Å². The Morgan fingerprint density at radius 2 is 2.32 bits per heavy atom. The van der Waals surface area contributed by atoms with Gasteiger partial charge in [0.2, 0.25) is 0 Å². The molecule has 19 heavy (non-hydrogen) atoms. The summed E-state index contributed by atoms with van der Waals surface area (Å²) in [5, 5.41) is 8.54. The lowest BCUT2D eigenvalue weighted by Crippen LogP contribution is -2.35. The van der Waals surface area contributed by atoms with E-state index in [9.17, 15) is 9.59 Å². The number of likely N-dealkylation sites (N-methyl/N-ethyl adjacent to an activating group) is 1. The number of rotatable bonds is 2. The zero-order valence-corrected chi connectivity index (χ0v) is 10.7. The van der Waals surface area contributed by atoms with Gasteiger partial charge < -0.3 is 14.5 Å². The predicted octanol–water partition coefficient (Wildman–Crippen LogP) is 0.524. The summed E-state index contributed by atoms with van der Waals surface area (Å²) in [5.74, 6) is -0.0791. The van der Waals surface area contributed by atoms with E-state index in [2.05, 4.69) is 0 Å². The van der Waals surface area contributed by atoms with Crippen LogP contribution in [-0.4, -0.2) is 37.4 Å². The summed E-state index contributed by atoms with van der Waals surface area (Å²) in [6.07, 6.45) is 0. The Morgan fingerprint density at radius 1 is 1.58 bits per heavy atom. The first kappa shape index (κ1) is 12.9. The lowest BCUT2D eigenvalue weighted by Gasteiger charge is -2.26. The molecular formula is C13H13N3O3. The molecule has 1 heterocycles. The molecule has 98 valence electrons. The van der Waals surface area contributed by atoms with E-state index in [1.807, 2.05) is 6.07 Å². The van der Waals surface area contributed by atoms with E-state index >= 15 is 0 Å². The van der Waals surface area contributed by atoms with E-state index < -0.39 is 5.91 Å². The highest BCUT2D eigenvalue weighted by atomic mass is 16.5. The summed E-state index contributed by atoms with van der Waals surface area (Å²) in [4.78, 5) is 25.6. The van der Waals surface area contributed by atoms with Crippen molar-refractivity contribution in [3.63, 3.8) is 0 Å². The molecule has 6 nitrogen and oxygen atoms in total. The first-order valence-electron chi connectivity index (χ1n) is 5.70. The molecule has 1 aliphatic heterocycles. The lowest BCUT2D eigenvalue weighted by atomic mass is 10.1. The zero-order valence-electron chi connectivity index (χ0n) is 10.7. The van der Waals surface area contributed by atoms with Crippen molar-refractivity contribution in [2.24, 2.45) is 0 Å². The molecule has 0 aromatic heterocycles. The average molecular weight is 259 g/mol. The smallest absolute Gasteiger partial charge is 0.325 e.